The molecule has 0 aromatic heterocycles. The van der Waals surface area contributed by atoms with Crippen LogP contribution in [0.2, 0.25) is 0 Å². The zero-order valence-corrected chi connectivity index (χ0v) is 14.6. The van der Waals surface area contributed by atoms with Crippen molar-refractivity contribution in [2.75, 3.05) is 6.54 Å². The number of carbonyl (C=O) groups excluding carboxylic acids is 2. The van der Waals surface area contributed by atoms with Gasteiger partial charge in [0.15, 0.2) is 0 Å². The Morgan fingerprint density at radius 2 is 1.81 bits per heavy atom. The van der Waals surface area contributed by atoms with Crippen molar-refractivity contribution in [2.45, 2.75) is 31.8 Å². The summed E-state index contributed by atoms with van der Waals surface area (Å²) < 4.78 is 13.1. The highest BCUT2D eigenvalue weighted by Crippen LogP contribution is 2.32. The third kappa shape index (κ3) is 4.02. The molecule has 1 heterocycles. The molecule has 3 N–H and O–H groups in total. The van der Waals surface area contributed by atoms with Crippen molar-refractivity contribution in [1.29, 1.82) is 0 Å². The minimum atomic E-state index is -0.581. The highest BCUT2D eigenvalue weighted by atomic mass is 19.1. The summed E-state index contributed by atoms with van der Waals surface area (Å²) in [5.41, 5.74) is 7.60. The Labute approximate surface area is 152 Å². The number of likely N-dealkylation sites (tertiary alicyclic amines) is 1. The average molecular weight is 355 g/mol. The molecular weight excluding hydrogens is 333 g/mol. The Bertz CT molecular complexity index is 790. The van der Waals surface area contributed by atoms with Gasteiger partial charge >= 0.3 is 6.03 Å². The van der Waals surface area contributed by atoms with Crippen molar-refractivity contribution >= 4 is 11.9 Å². The summed E-state index contributed by atoms with van der Waals surface area (Å²) in [6, 6.07) is 13.2. The Kier molecular flexibility index (Phi) is 5.21. The van der Waals surface area contributed by atoms with Gasteiger partial charge in [-0.1, -0.05) is 24.3 Å². The molecule has 1 aliphatic heterocycles. The van der Waals surface area contributed by atoms with Crippen LogP contribution < -0.4 is 11.1 Å². The van der Waals surface area contributed by atoms with Gasteiger partial charge in [-0.05, 0) is 48.7 Å². The largest absolute Gasteiger partial charge is 0.352 e. The van der Waals surface area contributed by atoms with Crippen LogP contribution in [0.1, 0.15) is 40.7 Å². The van der Waals surface area contributed by atoms with E-state index in [0.29, 0.717) is 18.7 Å². The van der Waals surface area contributed by atoms with Gasteiger partial charge in [-0.3, -0.25) is 4.79 Å². The molecule has 0 spiro atoms. The van der Waals surface area contributed by atoms with Gasteiger partial charge in [0, 0.05) is 30.6 Å². The summed E-state index contributed by atoms with van der Waals surface area (Å²) in [5, 5.41) is 2.52. The van der Waals surface area contributed by atoms with Gasteiger partial charge in [-0.15, -0.1) is 0 Å². The lowest BCUT2D eigenvalue weighted by atomic mass is 9.97. The van der Waals surface area contributed by atoms with Gasteiger partial charge < -0.3 is 16.0 Å². The summed E-state index contributed by atoms with van der Waals surface area (Å²) in [4.78, 5) is 25.5. The molecular formula is C20H22FN3O2. The first kappa shape index (κ1) is 17.9. The first-order valence-corrected chi connectivity index (χ1v) is 8.62. The number of halogens is 1. The molecule has 26 heavy (non-hydrogen) atoms. The summed E-state index contributed by atoms with van der Waals surface area (Å²) in [6.45, 7) is 2.99. The molecule has 2 aromatic rings. The molecule has 3 amide bonds. The zero-order chi connectivity index (χ0) is 18.7. The van der Waals surface area contributed by atoms with E-state index in [1.165, 1.54) is 12.1 Å². The van der Waals surface area contributed by atoms with Gasteiger partial charge in [0.1, 0.15) is 5.82 Å². The number of carbonyl (C=O) groups is 2. The Balaban J connectivity index is 1.67. The lowest BCUT2D eigenvalue weighted by molar-refractivity contribution is 0.0746. The van der Waals surface area contributed by atoms with Crippen molar-refractivity contribution in [2.24, 2.45) is 5.73 Å². The van der Waals surface area contributed by atoms with E-state index in [1.807, 2.05) is 11.8 Å². The number of primary amides is 1. The second-order valence-electron chi connectivity index (χ2n) is 6.71. The first-order valence-electron chi connectivity index (χ1n) is 8.62. The van der Waals surface area contributed by atoms with Crippen molar-refractivity contribution in [3.63, 3.8) is 0 Å². The lowest BCUT2D eigenvalue weighted by Gasteiger charge is -2.21. The maximum Gasteiger partial charge on any atom is 0.312 e. The molecule has 1 aliphatic rings. The summed E-state index contributed by atoms with van der Waals surface area (Å²) in [7, 11) is 0. The maximum absolute atomic E-state index is 13.1. The van der Waals surface area contributed by atoms with E-state index in [0.717, 1.165) is 17.5 Å². The molecule has 0 radical (unpaired) electrons. The second-order valence-corrected chi connectivity index (χ2v) is 6.71. The third-order valence-corrected chi connectivity index (χ3v) is 4.84. The van der Waals surface area contributed by atoms with E-state index in [9.17, 15) is 14.0 Å². The molecule has 2 aromatic carbocycles. The minimum Gasteiger partial charge on any atom is -0.352 e. The number of nitrogens with two attached hydrogens (primary N) is 1. The van der Waals surface area contributed by atoms with Crippen LogP contribution in [0.25, 0.3) is 0 Å². The van der Waals surface area contributed by atoms with E-state index in [2.05, 4.69) is 5.32 Å². The SMILES string of the molecule is CC1CC(c2ccc(F)cc2)CN1C(=O)c1ccc(CNC(N)=O)cc1. The van der Waals surface area contributed by atoms with Crippen LogP contribution in [0.4, 0.5) is 9.18 Å². The topological polar surface area (TPSA) is 75.4 Å². The second kappa shape index (κ2) is 7.56. The van der Waals surface area contributed by atoms with Gasteiger partial charge in [0.25, 0.3) is 5.91 Å². The van der Waals surface area contributed by atoms with Gasteiger partial charge in [0.05, 0.1) is 0 Å². The normalized spacial score (nSPS) is 19.4. The lowest BCUT2D eigenvalue weighted by Crippen LogP contribution is -2.34. The van der Waals surface area contributed by atoms with Crippen LogP contribution >= 0.6 is 0 Å². The smallest absolute Gasteiger partial charge is 0.312 e. The van der Waals surface area contributed by atoms with Crippen molar-refractivity contribution in [3.8, 4) is 0 Å². The van der Waals surface area contributed by atoms with E-state index >= 15 is 0 Å². The fourth-order valence-electron chi connectivity index (χ4n) is 3.41. The molecule has 5 nitrogen and oxygen atoms in total. The number of nitrogens with one attached hydrogen (secondary N) is 1. The predicted octanol–water partition coefficient (Wildman–Crippen LogP) is 3.01. The number of benzene rings is 2. The van der Waals surface area contributed by atoms with Crippen LogP contribution in [0, 0.1) is 5.82 Å². The fraction of sp³-hybridized carbons (Fsp3) is 0.300. The quantitative estimate of drug-likeness (QED) is 0.885. The summed E-state index contributed by atoms with van der Waals surface area (Å²) in [5.74, 6) is -0.0521. The number of rotatable bonds is 4. The van der Waals surface area contributed by atoms with Crippen LogP contribution in [-0.2, 0) is 6.54 Å². The van der Waals surface area contributed by atoms with Crippen LogP contribution in [-0.4, -0.2) is 29.4 Å². The van der Waals surface area contributed by atoms with E-state index in [4.69, 9.17) is 5.73 Å². The van der Waals surface area contributed by atoms with Crippen LogP contribution in [0.3, 0.4) is 0 Å². The van der Waals surface area contributed by atoms with Gasteiger partial charge in [-0.25, -0.2) is 9.18 Å². The minimum absolute atomic E-state index is 0.0171. The zero-order valence-electron chi connectivity index (χ0n) is 14.6. The number of urea groups is 1. The number of nitrogens with zero attached hydrogens (tertiary/aromatic N) is 1. The Morgan fingerprint density at radius 1 is 1.15 bits per heavy atom. The standard InChI is InChI=1S/C20H22FN3O2/c1-13-10-17(15-6-8-18(21)9-7-15)12-24(13)19(25)16-4-2-14(3-5-16)11-23-20(22)26/h2-9,13,17H,10-12H2,1H3,(H3,22,23,26). The number of amides is 3. The van der Waals surface area contributed by atoms with E-state index < -0.39 is 6.03 Å². The highest BCUT2D eigenvalue weighted by Gasteiger charge is 2.33. The molecule has 0 bridgehead atoms. The Morgan fingerprint density at radius 3 is 2.42 bits per heavy atom. The van der Waals surface area contributed by atoms with Crippen LogP contribution in [0.15, 0.2) is 48.5 Å². The van der Waals surface area contributed by atoms with Gasteiger partial charge in [0.2, 0.25) is 0 Å². The molecule has 136 valence electrons. The molecule has 2 unspecified atom stereocenters. The summed E-state index contributed by atoms with van der Waals surface area (Å²) in [6.07, 6.45) is 0.859. The van der Waals surface area contributed by atoms with E-state index in [1.54, 1.807) is 36.4 Å². The maximum atomic E-state index is 13.1. The molecule has 3 rings (SSSR count). The molecule has 6 heteroatoms. The van der Waals surface area contributed by atoms with Crippen molar-refractivity contribution < 1.29 is 14.0 Å². The number of hydrogen-bond donors (Lipinski definition) is 2. The highest BCUT2D eigenvalue weighted by molar-refractivity contribution is 5.94. The first-order chi connectivity index (χ1) is 12.4. The summed E-state index contributed by atoms with van der Waals surface area (Å²) >= 11 is 0. The molecule has 0 aliphatic carbocycles. The van der Waals surface area contributed by atoms with Crippen molar-refractivity contribution in [3.05, 3.63) is 71.0 Å². The Hall–Kier alpha value is -2.89. The fourth-order valence-corrected chi connectivity index (χ4v) is 3.41. The van der Waals surface area contributed by atoms with Gasteiger partial charge in [-0.2, -0.15) is 0 Å². The van der Waals surface area contributed by atoms with E-state index in [-0.39, 0.29) is 23.7 Å². The molecule has 0 saturated carbocycles. The third-order valence-electron chi connectivity index (χ3n) is 4.84. The molecule has 1 fully saturated rings. The molecule has 2 atom stereocenters. The number of hydrogen-bond acceptors (Lipinski definition) is 2. The monoisotopic (exact) mass is 355 g/mol. The average Bonchev–Trinajstić information content (AvgIpc) is 3.02. The van der Waals surface area contributed by atoms with Crippen LogP contribution in [0.5, 0.6) is 0 Å². The molecule has 1 saturated heterocycles. The van der Waals surface area contributed by atoms with Crippen molar-refractivity contribution in [1.82, 2.24) is 10.2 Å². The predicted molar refractivity (Wildman–Crippen MR) is 97.1 cm³/mol.